The number of para-hydroxylation sites is 1. The van der Waals surface area contributed by atoms with Crippen molar-refractivity contribution in [3.63, 3.8) is 0 Å². The first-order chi connectivity index (χ1) is 9.61. The number of aromatic nitrogens is 2. The molecule has 0 aliphatic rings. The van der Waals surface area contributed by atoms with Crippen molar-refractivity contribution in [2.24, 2.45) is 5.73 Å². The van der Waals surface area contributed by atoms with Crippen LogP contribution in [0.3, 0.4) is 0 Å². The summed E-state index contributed by atoms with van der Waals surface area (Å²) in [4.78, 5) is 0. The first-order valence-electron chi connectivity index (χ1n) is 7.13. The van der Waals surface area contributed by atoms with Gasteiger partial charge in [0.05, 0.1) is 5.69 Å². The van der Waals surface area contributed by atoms with Crippen LogP contribution in [0.4, 0.5) is 0 Å². The third-order valence-electron chi connectivity index (χ3n) is 3.33. The van der Waals surface area contributed by atoms with Crippen molar-refractivity contribution in [3.05, 3.63) is 47.8 Å². The van der Waals surface area contributed by atoms with Crippen LogP contribution in [-0.2, 0) is 6.61 Å². The molecule has 4 heteroatoms. The van der Waals surface area contributed by atoms with Crippen LogP contribution in [-0.4, -0.2) is 9.78 Å². The summed E-state index contributed by atoms with van der Waals surface area (Å²) in [5.41, 5.74) is 8.09. The Balaban J connectivity index is 2.06. The summed E-state index contributed by atoms with van der Waals surface area (Å²) in [6.45, 7) is 6.75. The Hall–Kier alpha value is -1.81. The molecule has 0 saturated carbocycles. The van der Waals surface area contributed by atoms with E-state index in [9.17, 15) is 0 Å². The fraction of sp³-hybridized carbons (Fsp3) is 0.438. The van der Waals surface area contributed by atoms with Crippen LogP contribution < -0.4 is 10.5 Å². The molecule has 0 unspecified atom stereocenters. The second-order valence-electron chi connectivity index (χ2n) is 5.22. The molecule has 0 saturated heterocycles. The first kappa shape index (κ1) is 14.6. The Kier molecular flexibility index (Phi) is 4.79. The van der Waals surface area contributed by atoms with Gasteiger partial charge in [0.15, 0.2) is 0 Å². The second-order valence-corrected chi connectivity index (χ2v) is 5.22. The van der Waals surface area contributed by atoms with Crippen molar-refractivity contribution >= 4 is 0 Å². The highest BCUT2D eigenvalue weighted by atomic mass is 16.5. The lowest BCUT2D eigenvalue weighted by atomic mass is 10.0. The highest BCUT2D eigenvalue weighted by molar-refractivity contribution is 5.35. The van der Waals surface area contributed by atoms with Gasteiger partial charge in [-0.05, 0) is 32.4 Å². The van der Waals surface area contributed by atoms with E-state index in [2.05, 4.69) is 25.9 Å². The van der Waals surface area contributed by atoms with Gasteiger partial charge in [0.1, 0.15) is 12.4 Å². The molecule has 0 fully saturated rings. The van der Waals surface area contributed by atoms with Gasteiger partial charge in [-0.15, -0.1) is 0 Å². The lowest BCUT2D eigenvalue weighted by Gasteiger charge is -2.15. The fourth-order valence-corrected chi connectivity index (χ4v) is 2.03. The van der Waals surface area contributed by atoms with Crippen molar-refractivity contribution in [1.82, 2.24) is 9.78 Å². The van der Waals surface area contributed by atoms with E-state index in [1.54, 1.807) is 0 Å². The number of nitrogens with two attached hydrogens (primary N) is 1. The standard InChI is InChI=1S/C16H23N3O/c1-4-15(17)14-7-5-6-8-16(14)20-11-13-9-10-19(18-13)12(2)3/h5-10,12,15H,4,11,17H2,1-3H3/t15-/m0/s1. The quantitative estimate of drug-likeness (QED) is 0.877. The molecule has 0 spiro atoms. The average Bonchev–Trinajstić information content (AvgIpc) is 2.93. The van der Waals surface area contributed by atoms with Crippen LogP contribution in [0.15, 0.2) is 36.5 Å². The van der Waals surface area contributed by atoms with Crippen LogP contribution in [0, 0.1) is 0 Å². The third kappa shape index (κ3) is 3.39. The minimum Gasteiger partial charge on any atom is -0.487 e. The number of ether oxygens (including phenoxy) is 1. The van der Waals surface area contributed by atoms with Gasteiger partial charge < -0.3 is 10.5 Å². The minimum absolute atomic E-state index is 0.0134. The summed E-state index contributed by atoms with van der Waals surface area (Å²) in [6.07, 6.45) is 2.87. The SMILES string of the molecule is CC[C@H](N)c1ccccc1OCc1ccn(C(C)C)n1. The van der Waals surface area contributed by atoms with Gasteiger partial charge >= 0.3 is 0 Å². The molecule has 1 atom stereocenters. The van der Waals surface area contributed by atoms with Crippen molar-refractivity contribution in [2.45, 2.75) is 45.9 Å². The van der Waals surface area contributed by atoms with E-state index in [0.717, 1.165) is 23.4 Å². The van der Waals surface area contributed by atoms with E-state index in [1.165, 1.54) is 0 Å². The number of rotatable bonds is 6. The molecule has 2 aromatic rings. The maximum atomic E-state index is 6.11. The Morgan fingerprint density at radius 2 is 2.00 bits per heavy atom. The van der Waals surface area contributed by atoms with Crippen molar-refractivity contribution in [2.75, 3.05) is 0 Å². The summed E-state index contributed by atoms with van der Waals surface area (Å²) in [6, 6.07) is 10.3. The predicted octanol–water partition coefficient (Wildman–Crippen LogP) is 3.45. The molecular formula is C16H23N3O. The van der Waals surface area contributed by atoms with Crippen molar-refractivity contribution < 1.29 is 4.74 Å². The van der Waals surface area contributed by atoms with Gasteiger partial charge in [0, 0.05) is 23.8 Å². The maximum absolute atomic E-state index is 6.11. The van der Waals surface area contributed by atoms with E-state index in [1.807, 2.05) is 41.2 Å². The number of hydrogen-bond donors (Lipinski definition) is 1. The van der Waals surface area contributed by atoms with Crippen LogP contribution >= 0.6 is 0 Å². The number of benzene rings is 1. The molecule has 0 aliphatic carbocycles. The largest absolute Gasteiger partial charge is 0.487 e. The van der Waals surface area contributed by atoms with Gasteiger partial charge in [0.25, 0.3) is 0 Å². The van der Waals surface area contributed by atoms with Gasteiger partial charge in [-0.2, -0.15) is 5.10 Å². The Bertz CT molecular complexity index is 548. The Labute approximate surface area is 120 Å². The lowest BCUT2D eigenvalue weighted by Crippen LogP contribution is -2.11. The fourth-order valence-electron chi connectivity index (χ4n) is 2.03. The molecule has 0 radical (unpaired) electrons. The Morgan fingerprint density at radius 3 is 2.65 bits per heavy atom. The van der Waals surface area contributed by atoms with Gasteiger partial charge in [-0.1, -0.05) is 25.1 Å². The van der Waals surface area contributed by atoms with E-state index in [0.29, 0.717) is 12.6 Å². The summed E-state index contributed by atoms with van der Waals surface area (Å²) in [5, 5.41) is 4.48. The monoisotopic (exact) mass is 273 g/mol. The molecule has 1 heterocycles. The van der Waals surface area contributed by atoms with E-state index >= 15 is 0 Å². The zero-order valence-electron chi connectivity index (χ0n) is 12.4. The molecule has 0 bridgehead atoms. The summed E-state index contributed by atoms with van der Waals surface area (Å²) < 4.78 is 7.82. The number of hydrogen-bond acceptors (Lipinski definition) is 3. The zero-order valence-corrected chi connectivity index (χ0v) is 12.4. The summed E-state index contributed by atoms with van der Waals surface area (Å²) >= 11 is 0. The van der Waals surface area contributed by atoms with Crippen LogP contribution in [0.1, 0.15) is 50.5 Å². The smallest absolute Gasteiger partial charge is 0.132 e. The van der Waals surface area contributed by atoms with E-state index < -0.39 is 0 Å². The van der Waals surface area contributed by atoms with Crippen LogP contribution in [0.25, 0.3) is 0 Å². The third-order valence-corrected chi connectivity index (χ3v) is 3.33. The molecule has 2 N–H and O–H groups in total. The molecule has 0 aliphatic heterocycles. The lowest BCUT2D eigenvalue weighted by molar-refractivity contribution is 0.293. The average molecular weight is 273 g/mol. The summed E-state index contributed by atoms with van der Waals surface area (Å²) in [7, 11) is 0. The normalized spacial score (nSPS) is 12.7. The summed E-state index contributed by atoms with van der Waals surface area (Å²) in [5.74, 6) is 0.848. The molecule has 1 aromatic heterocycles. The topological polar surface area (TPSA) is 53.1 Å². The molecule has 2 rings (SSSR count). The highest BCUT2D eigenvalue weighted by Crippen LogP contribution is 2.26. The Morgan fingerprint density at radius 1 is 1.25 bits per heavy atom. The molecule has 20 heavy (non-hydrogen) atoms. The highest BCUT2D eigenvalue weighted by Gasteiger charge is 2.10. The van der Waals surface area contributed by atoms with Crippen LogP contribution in [0.5, 0.6) is 5.75 Å². The minimum atomic E-state index is 0.0134. The molecule has 1 aromatic carbocycles. The predicted molar refractivity (Wildman–Crippen MR) is 80.6 cm³/mol. The molecule has 0 amide bonds. The van der Waals surface area contributed by atoms with Gasteiger partial charge in [-0.25, -0.2) is 0 Å². The van der Waals surface area contributed by atoms with Crippen LogP contribution in [0.2, 0.25) is 0 Å². The van der Waals surface area contributed by atoms with Gasteiger partial charge in [-0.3, -0.25) is 4.68 Å². The first-order valence-corrected chi connectivity index (χ1v) is 7.13. The maximum Gasteiger partial charge on any atom is 0.132 e. The second kappa shape index (κ2) is 6.57. The molecule has 108 valence electrons. The van der Waals surface area contributed by atoms with Crippen molar-refractivity contribution in [3.8, 4) is 5.75 Å². The van der Waals surface area contributed by atoms with E-state index in [-0.39, 0.29) is 6.04 Å². The molecule has 4 nitrogen and oxygen atoms in total. The van der Waals surface area contributed by atoms with Gasteiger partial charge in [0.2, 0.25) is 0 Å². The van der Waals surface area contributed by atoms with E-state index in [4.69, 9.17) is 10.5 Å². The molecular weight excluding hydrogens is 250 g/mol. The van der Waals surface area contributed by atoms with Crippen molar-refractivity contribution in [1.29, 1.82) is 0 Å². The number of nitrogens with zero attached hydrogens (tertiary/aromatic N) is 2. The zero-order chi connectivity index (χ0) is 14.5.